The largest absolute Gasteiger partial charge is 0.389 e. The Morgan fingerprint density at radius 2 is 0.747 bits per heavy atom. The van der Waals surface area contributed by atoms with Crippen LogP contribution in [0.2, 0.25) is 0 Å². The Bertz CT molecular complexity index is 1540. The van der Waals surface area contributed by atoms with Gasteiger partial charge in [-0.15, -0.1) is 0 Å². The molecule has 3 atom stereocenters. The summed E-state index contributed by atoms with van der Waals surface area (Å²) in [4.78, 5) is 34.0. The highest BCUT2D eigenvalue weighted by atomic mass is 16.3. The summed E-state index contributed by atoms with van der Waals surface area (Å²) in [5.74, 6) is 3.72. The van der Waals surface area contributed by atoms with E-state index in [0.717, 1.165) is 70.6 Å². The third-order valence-corrected chi connectivity index (χ3v) is 11.5. The Morgan fingerprint density at radius 3 is 1.16 bits per heavy atom. The molecule has 6 nitrogen and oxygen atoms in total. The summed E-state index contributed by atoms with van der Waals surface area (Å²) in [5, 5.41) is 28.8. The summed E-state index contributed by atoms with van der Waals surface area (Å²) in [6.45, 7) is 46.3. The number of ketones is 3. The third-order valence-electron chi connectivity index (χ3n) is 11.5. The Labute approximate surface area is 526 Å². The van der Waals surface area contributed by atoms with Crippen LogP contribution >= 0.6 is 0 Å². The molecular weight excluding hydrogens is 1020 g/mol. The average Bonchev–Trinajstić information content (AvgIpc) is 3.34. The molecule has 0 saturated heterocycles. The van der Waals surface area contributed by atoms with Crippen molar-refractivity contribution in [3.63, 3.8) is 0 Å². The lowest BCUT2D eigenvalue weighted by atomic mass is 9.81. The van der Waals surface area contributed by atoms with Crippen LogP contribution in [0.4, 0.5) is 0 Å². The molecule has 0 bridgehead atoms. The van der Waals surface area contributed by atoms with Gasteiger partial charge in [0, 0.05) is 18.3 Å². The van der Waals surface area contributed by atoms with Crippen LogP contribution in [-0.4, -0.2) is 51.0 Å². The van der Waals surface area contributed by atoms with E-state index in [0.29, 0.717) is 41.9 Å². The van der Waals surface area contributed by atoms with E-state index in [4.69, 9.17) is 0 Å². The standard InChI is InChI=1S/C13H26O.C13H24O.C11H22O.2C11H20O.C11H18O.7CH4/c2*1-6-7-10-13(4,5)12(14)9-8-11(2)3;4*1-4-5-6-7-11(12)9-8-10(2)3;;;;;;;/h8-9,11-12,14H,6-7,10H2,1-5H3;8-9,11H,6-7,10H2,1-5H3;8-12H,4-7H2,1-3H3;8-10H,4-7H2,1-3H3;5-6,8-12H,4,7H2,1-3H3;5-6,8-10H,4,7H2,1-3H3;7*1H4. The van der Waals surface area contributed by atoms with Crippen molar-refractivity contribution in [3.05, 3.63) is 97.2 Å². The Kier molecular flexibility index (Phi) is 103. The molecule has 6 heteroatoms. The molecule has 0 aromatic carbocycles. The molecule has 0 heterocycles. The zero-order valence-electron chi connectivity index (χ0n) is 54.2. The predicted molar refractivity (Wildman–Crippen MR) is 387 cm³/mol. The first-order valence-electron chi connectivity index (χ1n) is 30.5. The number of carbonyl (C=O) groups is 3. The van der Waals surface area contributed by atoms with E-state index in [1.165, 1.54) is 38.5 Å². The fourth-order valence-electron chi connectivity index (χ4n) is 6.16. The molecule has 0 aliphatic carbocycles. The van der Waals surface area contributed by atoms with Crippen molar-refractivity contribution < 1.29 is 29.7 Å². The quantitative estimate of drug-likeness (QED) is 0.0336. The number of aliphatic hydroxyl groups is 3. The molecule has 83 heavy (non-hydrogen) atoms. The van der Waals surface area contributed by atoms with Crippen LogP contribution in [0.1, 0.15) is 320 Å². The zero-order chi connectivity index (χ0) is 60.0. The van der Waals surface area contributed by atoms with Gasteiger partial charge in [0.1, 0.15) is 0 Å². The van der Waals surface area contributed by atoms with Crippen molar-refractivity contribution in [2.24, 2.45) is 46.3 Å². The Morgan fingerprint density at radius 1 is 0.386 bits per heavy atom. The van der Waals surface area contributed by atoms with E-state index in [-0.39, 0.29) is 98.5 Å². The van der Waals surface area contributed by atoms with E-state index in [9.17, 15) is 29.7 Å². The molecule has 0 fully saturated rings. The maximum atomic E-state index is 11.8. The first-order chi connectivity index (χ1) is 35.5. The minimum absolute atomic E-state index is 0. The number of carbonyl (C=O) groups excluding carboxylic acids is 3. The van der Waals surface area contributed by atoms with Crippen LogP contribution in [-0.2, 0) is 14.4 Å². The summed E-state index contributed by atoms with van der Waals surface area (Å²) in [7, 11) is 0. The van der Waals surface area contributed by atoms with Crippen LogP contribution in [0.25, 0.3) is 0 Å². The van der Waals surface area contributed by atoms with Crippen molar-refractivity contribution >= 4 is 17.3 Å². The van der Waals surface area contributed by atoms with Gasteiger partial charge in [-0.1, -0.05) is 341 Å². The summed E-state index contributed by atoms with van der Waals surface area (Å²) in [6.07, 6.45) is 48.8. The van der Waals surface area contributed by atoms with E-state index in [1.807, 2.05) is 74.6 Å². The van der Waals surface area contributed by atoms with Gasteiger partial charge >= 0.3 is 0 Å². The van der Waals surface area contributed by atoms with Crippen molar-refractivity contribution in [1.29, 1.82) is 0 Å². The van der Waals surface area contributed by atoms with Crippen molar-refractivity contribution in [3.8, 4) is 0 Å². The van der Waals surface area contributed by atoms with Crippen molar-refractivity contribution in [2.75, 3.05) is 0 Å². The van der Waals surface area contributed by atoms with E-state index < -0.39 is 0 Å². The smallest absolute Gasteiger partial charge is 0.160 e. The highest BCUT2D eigenvalue weighted by Gasteiger charge is 2.25. The molecule has 0 aliphatic heterocycles. The van der Waals surface area contributed by atoms with Crippen LogP contribution in [0.5, 0.6) is 0 Å². The number of rotatable bonds is 34. The SMILES string of the molecule is C.C.C.C.C.C.C.CCC=CCC(=O)C=CC(C)C.CCC=CCC(O)C=CC(C)C.CCCCC(C)(C)C(=O)C=CC(C)C.CCCCC(C)(C)C(O)C=CC(C)C.CCCCCC(=O)C=CC(C)C.CCCCCC(O)C=CC(C)C. The van der Waals surface area contributed by atoms with Gasteiger partial charge < -0.3 is 15.3 Å². The molecule has 3 N–H and O–H groups in total. The highest BCUT2D eigenvalue weighted by Crippen LogP contribution is 2.29. The molecule has 0 saturated carbocycles. The number of hydrogen-bond donors (Lipinski definition) is 3. The summed E-state index contributed by atoms with van der Waals surface area (Å²) in [6, 6.07) is 0. The van der Waals surface area contributed by atoms with Crippen LogP contribution < -0.4 is 0 Å². The number of allylic oxidation sites excluding steroid dienone is 12. The van der Waals surface area contributed by atoms with Gasteiger partial charge in [-0.3, -0.25) is 14.4 Å². The maximum Gasteiger partial charge on any atom is 0.160 e. The zero-order valence-corrected chi connectivity index (χ0v) is 54.2. The first kappa shape index (κ1) is 111. The average molecular weight is 1180 g/mol. The number of aliphatic hydroxyl groups excluding tert-OH is 3. The fourth-order valence-corrected chi connectivity index (χ4v) is 6.16. The van der Waals surface area contributed by atoms with Crippen molar-refractivity contribution in [2.45, 2.75) is 338 Å². The van der Waals surface area contributed by atoms with Gasteiger partial charge in [-0.2, -0.15) is 0 Å². The molecule has 0 aromatic heterocycles. The molecule has 0 radical (unpaired) electrons. The minimum Gasteiger partial charge on any atom is -0.389 e. The van der Waals surface area contributed by atoms with Gasteiger partial charge in [-0.05, 0) is 104 Å². The Balaban J connectivity index is -0.0000000634. The monoisotopic (exact) mass is 1180 g/mol. The van der Waals surface area contributed by atoms with Crippen LogP contribution in [0, 0.1) is 46.3 Å². The molecule has 0 aliphatic rings. The molecule has 0 rings (SSSR count). The Hall–Kier alpha value is -3.19. The first-order valence-corrected chi connectivity index (χ1v) is 30.5. The molecule has 0 amide bonds. The second-order valence-electron chi connectivity index (χ2n) is 23.8. The minimum atomic E-state index is -0.310. The molecule has 3 unspecified atom stereocenters. The summed E-state index contributed by atoms with van der Waals surface area (Å²) >= 11 is 0. The van der Waals surface area contributed by atoms with Crippen LogP contribution in [0.3, 0.4) is 0 Å². The van der Waals surface area contributed by atoms with E-state index >= 15 is 0 Å². The normalized spacial score (nSPS) is 12.4. The number of unbranched alkanes of at least 4 members (excludes halogenated alkanes) is 6. The van der Waals surface area contributed by atoms with Gasteiger partial charge in [-0.25, -0.2) is 0 Å². The fraction of sp³-hybridized carbons (Fsp3) is 0.753. The highest BCUT2D eigenvalue weighted by molar-refractivity contribution is 5.94. The predicted octanol–water partition coefficient (Wildman–Crippen LogP) is 24.7. The molecular formula is C77H158O6. The van der Waals surface area contributed by atoms with Crippen molar-refractivity contribution in [1.82, 2.24) is 0 Å². The maximum absolute atomic E-state index is 11.8. The lowest BCUT2D eigenvalue weighted by Gasteiger charge is -2.28. The second kappa shape index (κ2) is 76.8. The van der Waals surface area contributed by atoms with Gasteiger partial charge in [0.15, 0.2) is 17.3 Å². The molecule has 0 spiro atoms. The van der Waals surface area contributed by atoms with Crippen LogP contribution in [0.15, 0.2) is 97.2 Å². The molecule has 502 valence electrons. The summed E-state index contributed by atoms with van der Waals surface area (Å²) in [5.41, 5.74) is -0.164. The lowest BCUT2D eigenvalue weighted by Crippen LogP contribution is -2.27. The molecule has 0 aromatic rings. The van der Waals surface area contributed by atoms with Gasteiger partial charge in [0.2, 0.25) is 0 Å². The number of hydrogen-bond acceptors (Lipinski definition) is 6. The van der Waals surface area contributed by atoms with E-state index in [2.05, 4.69) is 157 Å². The second-order valence-corrected chi connectivity index (χ2v) is 23.8. The van der Waals surface area contributed by atoms with E-state index in [1.54, 1.807) is 18.2 Å². The topological polar surface area (TPSA) is 112 Å². The third kappa shape index (κ3) is 98.2. The van der Waals surface area contributed by atoms with Gasteiger partial charge in [0.25, 0.3) is 0 Å². The lowest BCUT2D eigenvalue weighted by molar-refractivity contribution is -0.122. The van der Waals surface area contributed by atoms with Gasteiger partial charge in [0.05, 0.1) is 18.3 Å². The summed E-state index contributed by atoms with van der Waals surface area (Å²) < 4.78 is 0.